The first-order chi connectivity index (χ1) is 15.2. The van der Waals surface area contributed by atoms with Crippen molar-refractivity contribution in [2.45, 2.75) is 37.9 Å². The SMILES string of the molecule is O=C(O)C[C@@H]1CCc2cc(OCCn3nc(-c4ccccc4)cc3C(F)(F)F)c(Cl)cc21. The first-order valence-corrected chi connectivity index (χ1v) is 10.5. The molecule has 0 radical (unpaired) electrons. The molecule has 168 valence electrons. The van der Waals surface area contributed by atoms with Crippen molar-refractivity contribution in [2.24, 2.45) is 0 Å². The lowest BCUT2D eigenvalue weighted by atomic mass is 9.98. The number of nitrogens with zero attached hydrogens (tertiary/aromatic N) is 2. The van der Waals surface area contributed by atoms with E-state index in [1.165, 1.54) is 0 Å². The number of alkyl halides is 3. The predicted octanol–water partition coefficient (Wildman–Crippen LogP) is 5.81. The molecule has 5 nitrogen and oxygen atoms in total. The van der Waals surface area contributed by atoms with Crippen LogP contribution in [0, 0.1) is 0 Å². The maximum atomic E-state index is 13.5. The first kappa shape index (κ1) is 22.2. The van der Waals surface area contributed by atoms with Crippen molar-refractivity contribution in [3.63, 3.8) is 0 Å². The molecule has 1 heterocycles. The number of carboxylic acid groups (broad SMARTS) is 1. The highest BCUT2D eigenvalue weighted by atomic mass is 35.5. The Labute approximate surface area is 187 Å². The van der Waals surface area contributed by atoms with Gasteiger partial charge in [0.05, 0.1) is 23.7 Å². The third-order valence-electron chi connectivity index (χ3n) is 5.52. The van der Waals surface area contributed by atoms with Crippen LogP contribution < -0.4 is 4.74 Å². The summed E-state index contributed by atoms with van der Waals surface area (Å²) >= 11 is 6.30. The van der Waals surface area contributed by atoms with E-state index in [2.05, 4.69) is 5.10 Å². The number of hydrogen-bond acceptors (Lipinski definition) is 3. The zero-order valence-electron chi connectivity index (χ0n) is 16.9. The van der Waals surface area contributed by atoms with Gasteiger partial charge in [0.2, 0.25) is 0 Å². The Morgan fingerprint density at radius 2 is 1.97 bits per heavy atom. The van der Waals surface area contributed by atoms with Crippen LogP contribution in [-0.2, 0) is 23.9 Å². The minimum Gasteiger partial charge on any atom is -0.490 e. The summed E-state index contributed by atoms with van der Waals surface area (Å²) in [7, 11) is 0. The number of aromatic nitrogens is 2. The van der Waals surface area contributed by atoms with Crippen LogP contribution >= 0.6 is 11.6 Å². The van der Waals surface area contributed by atoms with Crippen LogP contribution in [0.15, 0.2) is 48.5 Å². The molecule has 0 unspecified atom stereocenters. The lowest BCUT2D eigenvalue weighted by Gasteiger charge is -2.14. The second kappa shape index (κ2) is 8.86. The maximum Gasteiger partial charge on any atom is 0.433 e. The number of ether oxygens (including phenoxy) is 1. The molecule has 0 aliphatic heterocycles. The Bertz CT molecular complexity index is 1130. The molecular formula is C23H20ClF3N2O3. The number of benzene rings is 2. The number of aliphatic carboxylic acids is 1. The highest BCUT2D eigenvalue weighted by molar-refractivity contribution is 6.32. The van der Waals surface area contributed by atoms with Gasteiger partial charge < -0.3 is 9.84 Å². The average Bonchev–Trinajstić information content (AvgIpc) is 3.33. The summed E-state index contributed by atoms with van der Waals surface area (Å²) in [5.74, 6) is -0.594. The number of fused-ring (bicyclic) bond motifs is 1. The molecule has 32 heavy (non-hydrogen) atoms. The molecule has 9 heteroatoms. The normalized spacial score (nSPS) is 15.6. The van der Waals surface area contributed by atoms with Crippen molar-refractivity contribution in [3.05, 3.63) is 70.4 Å². The molecule has 1 aromatic heterocycles. The van der Waals surface area contributed by atoms with Crippen LogP contribution in [0.4, 0.5) is 13.2 Å². The monoisotopic (exact) mass is 464 g/mol. The van der Waals surface area contributed by atoms with E-state index >= 15 is 0 Å². The van der Waals surface area contributed by atoms with Gasteiger partial charge in [-0.05, 0) is 48.1 Å². The van der Waals surface area contributed by atoms with Gasteiger partial charge in [0.25, 0.3) is 0 Å². The topological polar surface area (TPSA) is 64.3 Å². The molecule has 0 fully saturated rings. The minimum atomic E-state index is -4.55. The van der Waals surface area contributed by atoms with Crippen LogP contribution in [-0.4, -0.2) is 27.5 Å². The Morgan fingerprint density at radius 1 is 1.22 bits per heavy atom. The van der Waals surface area contributed by atoms with Crippen molar-refractivity contribution < 1.29 is 27.8 Å². The number of carbonyl (C=O) groups is 1. The van der Waals surface area contributed by atoms with E-state index in [0.717, 1.165) is 21.9 Å². The second-order valence-corrected chi connectivity index (χ2v) is 8.07. The fourth-order valence-corrected chi connectivity index (χ4v) is 4.26. The van der Waals surface area contributed by atoms with E-state index in [0.29, 0.717) is 29.2 Å². The van der Waals surface area contributed by atoms with Crippen molar-refractivity contribution in [2.75, 3.05) is 6.61 Å². The van der Waals surface area contributed by atoms with Crippen molar-refractivity contribution in [1.82, 2.24) is 9.78 Å². The van der Waals surface area contributed by atoms with E-state index < -0.39 is 17.8 Å². The Kier molecular flexibility index (Phi) is 6.15. The Balaban J connectivity index is 1.49. The van der Waals surface area contributed by atoms with E-state index in [1.807, 2.05) is 0 Å². The molecule has 3 aromatic rings. The molecule has 0 bridgehead atoms. The zero-order chi connectivity index (χ0) is 22.9. The van der Waals surface area contributed by atoms with Crippen LogP contribution in [0.25, 0.3) is 11.3 Å². The van der Waals surface area contributed by atoms with Gasteiger partial charge in [-0.3, -0.25) is 9.48 Å². The van der Waals surface area contributed by atoms with Crippen LogP contribution in [0.2, 0.25) is 5.02 Å². The van der Waals surface area contributed by atoms with Crippen LogP contribution in [0.1, 0.15) is 35.6 Å². The largest absolute Gasteiger partial charge is 0.490 e. The molecular weight excluding hydrogens is 445 g/mol. The fourth-order valence-electron chi connectivity index (χ4n) is 4.03. The number of carboxylic acids is 1. The molecule has 1 aliphatic rings. The van der Waals surface area contributed by atoms with Gasteiger partial charge in [0, 0.05) is 5.56 Å². The molecule has 1 N–H and O–H groups in total. The molecule has 1 aliphatic carbocycles. The number of hydrogen-bond donors (Lipinski definition) is 1. The summed E-state index contributed by atoms with van der Waals surface area (Å²) in [5, 5.41) is 13.5. The van der Waals surface area contributed by atoms with E-state index in [1.54, 1.807) is 42.5 Å². The van der Waals surface area contributed by atoms with Crippen LogP contribution in [0.3, 0.4) is 0 Å². The average molecular weight is 465 g/mol. The number of halogens is 4. The third-order valence-corrected chi connectivity index (χ3v) is 5.81. The van der Waals surface area contributed by atoms with Gasteiger partial charge in [0.1, 0.15) is 18.1 Å². The molecule has 0 spiro atoms. The summed E-state index contributed by atoms with van der Waals surface area (Å²) < 4.78 is 47.1. The van der Waals surface area contributed by atoms with E-state index in [9.17, 15) is 18.0 Å². The summed E-state index contributed by atoms with van der Waals surface area (Å²) in [6.45, 7) is -0.174. The van der Waals surface area contributed by atoms with Gasteiger partial charge in [0.15, 0.2) is 0 Å². The summed E-state index contributed by atoms with van der Waals surface area (Å²) in [5.41, 5.74) is 1.82. The highest BCUT2D eigenvalue weighted by Crippen LogP contribution is 2.41. The minimum absolute atomic E-state index is 0.0345. The highest BCUT2D eigenvalue weighted by Gasteiger charge is 2.36. The van der Waals surface area contributed by atoms with E-state index in [4.69, 9.17) is 21.4 Å². The summed E-state index contributed by atoms with van der Waals surface area (Å²) in [6.07, 6.45) is -3.10. The molecule has 1 atom stereocenters. The summed E-state index contributed by atoms with van der Waals surface area (Å²) in [6, 6.07) is 13.1. The first-order valence-electron chi connectivity index (χ1n) is 10.1. The lowest BCUT2D eigenvalue weighted by molar-refractivity contribution is -0.144. The Hall–Kier alpha value is -3.00. The lowest BCUT2D eigenvalue weighted by Crippen LogP contribution is -2.18. The molecule has 4 rings (SSSR count). The van der Waals surface area contributed by atoms with E-state index in [-0.39, 0.29) is 31.2 Å². The van der Waals surface area contributed by atoms with Gasteiger partial charge in [-0.1, -0.05) is 41.9 Å². The summed E-state index contributed by atoms with van der Waals surface area (Å²) in [4.78, 5) is 11.0. The molecule has 2 aromatic carbocycles. The van der Waals surface area contributed by atoms with Gasteiger partial charge in [-0.25, -0.2) is 0 Å². The second-order valence-electron chi connectivity index (χ2n) is 7.67. The number of aryl methyl sites for hydroxylation is 1. The zero-order valence-corrected chi connectivity index (χ0v) is 17.7. The van der Waals surface area contributed by atoms with Crippen molar-refractivity contribution in [1.29, 1.82) is 0 Å². The molecule has 0 saturated heterocycles. The third kappa shape index (κ3) is 4.75. The van der Waals surface area contributed by atoms with Crippen LogP contribution in [0.5, 0.6) is 5.75 Å². The number of rotatable bonds is 7. The van der Waals surface area contributed by atoms with Gasteiger partial charge in [-0.2, -0.15) is 18.3 Å². The molecule has 0 saturated carbocycles. The van der Waals surface area contributed by atoms with Crippen molar-refractivity contribution in [3.8, 4) is 17.0 Å². The van der Waals surface area contributed by atoms with Crippen molar-refractivity contribution >= 4 is 17.6 Å². The Morgan fingerprint density at radius 3 is 2.66 bits per heavy atom. The maximum absolute atomic E-state index is 13.5. The predicted molar refractivity (Wildman–Crippen MR) is 113 cm³/mol. The standard InChI is InChI=1S/C23H20ClF3N2O3/c24-18-12-17-15(6-7-16(17)11-22(30)31)10-20(18)32-9-8-29-21(23(25,26)27)13-19(28-29)14-4-2-1-3-5-14/h1-5,10,12-13,16H,6-9,11H2,(H,30,31)/t16-/m0/s1. The van der Waals surface area contributed by atoms with Gasteiger partial charge in [-0.15, -0.1) is 0 Å². The molecule has 0 amide bonds. The smallest absolute Gasteiger partial charge is 0.433 e. The fraction of sp³-hybridized carbons (Fsp3) is 0.304. The quantitative estimate of drug-likeness (QED) is 0.479. The van der Waals surface area contributed by atoms with Gasteiger partial charge >= 0.3 is 12.1 Å².